The summed E-state index contributed by atoms with van der Waals surface area (Å²) in [5.74, 6) is -1.02. The summed E-state index contributed by atoms with van der Waals surface area (Å²) in [5, 5.41) is 2.55. The molecule has 0 heterocycles. The zero-order valence-electron chi connectivity index (χ0n) is 16.2. The number of carbonyl (C=O) groups is 2. The average Bonchev–Trinajstić information content (AvgIpc) is 2.52. The lowest BCUT2D eigenvalue weighted by molar-refractivity contribution is -0.154. The molecule has 0 bridgehead atoms. The average molecular weight is 384 g/mol. The highest BCUT2D eigenvalue weighted by molar-refractivity contribution is 7.89. The normalized spacial score (nSPS) is 12.5. The first-order valence-electron chi connectivity index (χ1n) is 8.55. The molecule has 0 aliphatic rings. The van der Waals surface area contributed by atoms with Crippen LogP contribution in [-0.2, 0) is 24.3 Å². The number of amides is 1. The van der Waals surface area contributed by atoms with Crippen LogP contribution >= 0.6 is 0 Å². The molecule has 1 aromatic carbocycles. The van der Waals surface area contributed by atoms with Gasteiger partial charge in [-0.1, -0.05) is 6.07 Å². The van der Waals surface area contributed by atoms with Crippen molar-refractivity contribution < 1.29 is 22.7 Å². The first-order chi connectivity index (χ1) is 12.0. The number of ether oxygens (including phenoxy) is 1. The van der Waals surface area contributed by atoms with Crippen molar-refractivity contribution in [3.05, 3.63) is 28.3 Å². The molecule has 0 saturated carbocycles. The molecule has 1 aromatic rings. The number of likely N-dealkylation sites (N-methyl/N-ethyl adjacent to an activating group) is 1. The van der Waals surface area contributed by atoms with Gasteiger partial charge in [0.2, 0.25) is 10.0 Å². The second kappa shape index (κ2) is 9.14. The van der Waals surface area contributed by atoms with Gasteiger partial charge in [-0.2, -0.15) is 0 Å². The summed E-state index contributed by atoms with van der Waals surface area (Å²) in [6, 6.07) is 1.95. The van der Waals surface area contributed by atoms with E-state index in [4.69, 9.17) is 4.74 Å². The van der Waals surface area contributed by atoms with Crippen LogP contribution in [0, 0.1) is 27.7 Å². The molecule has 0 spiro atoms. The Balaban J connectivity index is 2.74. The van der Waals surface area contributed by atoms with Gasteiger partial charge in [0.1, 0.15) is 0 Å². The molecule has 0 saturated heterocycles. The van der Waals surface area contributed by atoms with Crippen LogP contribution in [0.5, 0.6) is 0 Å². The molecule has 1 amide bonds. The lowest BCUT2D eigenvalue weighted by atomic mass is 10.0. The van der Waals surface area contributed by atoms with Gasteiger partial charge in [0.25, 0.3) is 5.91 Å². The fourth-order valence-corrected chi connectivity index (χ4v) is 4.21. The fourth-order valence-electron chi connectivity index (χ4n) is 2.57. The van der Waals surface area contributed by atoms with Gasteiger partial charge in [0.05, 0.1) is 11.3 Å². The van der Waals surface area contributed by atoms with Crippen molar-refractivity contribution in [3.8, 4) is 0 Å². The number of esters is 1. The monoisotopic (exact) mass is 384 g/mol. The maximum atomic E-state index is 12.6. The second-order valence-electron chi connectivity index (χ2n) is 6.26. The van der Waals surface area contributed by atoms with Gasteiger partial charge < -0.3 is 10.1 Å². The van der Waals surface area contributed by atoms with Crippen LogP contribution in [0.4, 0.5) is 0 Å². The Morgan fingerprint density at radius 1 is 1.12 bits per heavy atom. The maximum absolute atomic E-state index is 12.6. The smallest absolute Gasteiger partial charge is 0.307 e. The Morgan fingerprint density at radius 2 is 1.65 bits per heavy atom. The minimum atomic E-state index is -3.75. The largest absolute Gasteiger partial charge is 0.453 e. The van der Waals surface area contributed by atoms with E-state index in [1.807, 2.05) is 19.9 Å². The molecular formula is C18H28N2O5S. The number of sulfonamides is 1. The molecule has 8 heteroatoms. The Labute approximate surface area is 155 Å². The number of hydrogen-bond acceptors (Lipinski definition) is 5. The highest BCUT2D eigenvalue weighted by atomic mass is 32.2. The summed E-state index contributed by atoms with van der Waals surface area (Å²) in [6.07, 6.45) is -1.07. The molecule has 2 N–H and O–H groups in total. The first kappa shape index (κ1) is 22.1. The quantitative estimate of drug-likeness (QED) is 0.664. The van der Waals surface area contributed by atoms with Crippen LogP contribution in [0.2, 0.25) is 0 Å². The molecule has 0 radical (unpaired) electrons. The Morgan fingerprint density at radius 3 is 2.15 bits per heavy atom. The highest BCUT2D eigenvalue weighted by Gasteiger charge is 2.23. The molecule has 1 rings (SSSR count). The van der Waals surface area contributed by atoms with Gasteiger partial charge in [-0.3, -0.25) is 9.59 Å². The van der Waals surface area contributed by atoms with E-state index in [1.165, 1.54) is 6.92 Å². The number of carbonyl (C=O) groups excluding carboxylic acids is 2. The Kier molecular flexibility index (Phi) is 7.77. The van der Waals surface area contributed by atoms with E-state index in [9.17, 15) is 18.0 Å². The Bertz CT molecular complexity index is 761. The van der Waals surface area contributed by atoms with Gasteiger partial charge in [-0.25, -0.2) is 13.1 Å². The molecule has 0 unspecified atom stereocenters. The lowest BCUT2D eigenvalue weighted by Crippen LogP contribution is -2.36. The summed E-state index contributed by atoms with van der Waals surface area (Å²) in [5.41, 5.74) is 3.16. The topological polar surface area (TPSA) is 102 Å². The van der Waals surface area contributed by atoms with E-state index in [2.05, 4.69) is 10.0 Å². The standard InChI is InChI=1S/C18H28N2O5S/c1-7-19-18(22)15(6)25-16(21)8-9-20-26(23,24)17-13(4)11(2)10-12(3)14(17)5/h10,15,20H,7-9H2,1-6H3,(H,19,22)/t15-/m0/s1. The van der Waals surface area contributed by atoms with Crippen molar-refractivity contribution in [2.75, 3.05) is 13.1 Å². The number of nitrogens with one attached hydrogen (secondary N) is 2. The predicted molar refractivity (Wildman–Crippen MR) is 99.4 cm³/mol. The molecule has 0 aliphatic heterocycles. The van der Waals surface area contributed by atoms with Crippen LogP contribution in [0.1, 0.15) is 42.5 Å². The van der Waals surface area contributed by atoms with Crippen LogP contribution in [-0.4, -0.2) is 39.5 Å². The van der Waals surface area contributed by atoms with Crippen molar-refractivity contribution in [3.63, 3.8) is 0 Å². The van der Waals surface area contributed by atoms with Crippen LogP contribution in [0.25, 0.3) is 0 Å². The van der Waals surface area contributed by atoms with Gasteiger partial charge in [-0.05, 0) is 63.8 Å². The van der Waals surface area contributed by atoms with E-state index >= 15 is 0 Å². The van der Waals surface area contributed by atoms with Crippen LogP contribution in [0.15, 0.2) is 11.0 Å². The molecule has 0 aromatic heterocycles. The van der Waals surface area contributed by atoms with E-state index in [1.54, 1.807) is 20.8 Å². The molecule has 0 fully saturated rings. The van der Waals surface area contributed by atoms with E-state index in [0.717, 1.165) is 11.1 Å². The van der Waals surface area contributed by atoms with E-state index in [-0.39, 0.29) is 23.8 Å². The Hall–Kier alpha value is -1.93. The van der Waals surface area contributed by atoms with Crippen molar-refractivity contribution in [1.82, 2.24) is 10.0 Å². The zero-order chi connectivity index (χ0) is 20.1. The summed E-state index contributed by atoms with van der Waals surface area (Å²) in [6.45, 7) is 10.8. The highest BCUT2D eigenvalue weighted by Crippen LogP contribution is 2.25. The molecule has 146 valence electrons. The molecule has 26 heavy (non-hydrogen) atoms. The third-order valence-electron chi connectivity index (χ3n) is 4.22. The fraction of sp³-hybridized carbons (Fsp3) is 0.556. The van der Waals surface area contributed by atoms with Crippen LogP contribution in [0.3, 0.4) is 0 Å². The summed E-state index contributed by atoms with van der Waals surface area (Å²) in [7, 11) is -3.75. The second-order valence-corrected chi connectivity index (χ2v) is 7.97. The molecule has 0 aliphatic carbocycles. The SMILES string of the molecule is CCNC(=O)[C@H](C)OC(=O)CCNS(=O)(=O)c1c(C)c(C)cc(C)c1C. The lowest BCUT2D eigenvalue weighted by Gasteiger charge is -2.16. The molecule has 1 atom stereocenters. The van der Waals surface area contributed by atoms with E-state index < -0.39 is 22.1 Å². The van der Waals surface area contributed by atoms with Crippen molar-refractivity contribution in [1.29, 1.82) is 0 Å². The number of benzene rings is 1. The minimum absolute atomic E-state index is 0.102. The number of aryl methyl sites for hydroxylation is 2. The first-order valence-corrected chi connectivity index (χ1v) is 10.0. The molecule has 7 nitrogen and oxygen atoms in total. The van der Waals surface area contributed by atoms with Gasteiger partial charge >= 0.3 is 5.97 Å². The van der Waals surface area contributed by atoms with Crippen molar-refractivity contribution in [2.45, 2.75) is 59.0 Å². The summed E-state index contributed by atoms with van der Waals surface area (Å²) in [4.78, 5) is 23.6. The third kappa shape index (κ3) is 5.54. The predicted octanol–water partition coefficient (Wildman–Crippen LogP) is 1.66. The van der Waals surface area contributed by atoms with Gasteiger partial charge in [-0.15, -0.1) is 0 Å². The summed E-state index contributed by atoms with van der Waals surface area (Å²) >= 11 is 0. The van der Waals surface area contributed by atoms with Gasteiger partial charge in [0.15, 0.2) is 6.10 Å². The van der Waals surface area contributed by atoms with E-state index in [0.29, 0.717) is 17.7 Å². The van der Waals surface area contributed by atoms with Gasteiger partial charge in [0, 0.05) is 13.1 Å². The summed E-state index contributed by atoms with van der Waals surface area (Å²) < 4.78 is 32.7. The minimum Gasteiger partial charge on any atom is -0.453 e. The number of rotatable bonds is 8. The van der Waals surface area contributed by atoms with Crippen LogP contribution < -0.4 is 10.0 Å². The van der Waals surface area contributed by atoms with Crippen molar-refractivity contribution >= 4 is 21.9 Å². The molecular weight excluding hydrogens is 356 g/mol. The maximum Gasteiger partial charge on any atom is 0.307 e. The zero-order valence-corrected chi connectivity index (χ0v) is 17.0. The van der Waals surface area contributed by atoms with Crippen molar-refractivity contribution in [2.24, 2.45) is 0 Å². The number of hydrogen-bond donors (Lipinski definition) is 2. The third-order valence-corrected chi connectivity index (χ3v) is 5.95.